The van der Waals surface area contributed by atoms with Gasteiger partial charge in [0.05, 0.1) is 11.7 Å². The third kappa shape index (κ3) is 4.05. The van der Waals surface area contributed by atoms with Crippen LogP contribution in [0.3, 0.4) is 0 Å². The first-order valence-corrected chi connectivity index (χ1v) is 8.11. The molecule has 3 aromatic rings. The zero-order chi connectivity index (χ0) is 16.6. The monoisotopic (exact) mass is 315 g/mol. The van der Waals surface area contributed by atoms with Crippen LogP contribution in [-0.4, -0.2) is 0 Å². The maximum atomic E-state index is 6.04. The number of ether oxygens (including phenoxy) is 1. The molecule has 0 bridgehead atoms. The van der Waals surface area contributed by atoms with Crippen molar-refractivity contribution in [3.05, 3.63) is 103 Å². The van der Waals surface area contributed by atoms with E-state index in [-0.39, 0.29) is 6.04 Å². The lowest BCUT2D eigenvalue weighted by Crippen LogP contribution is -2.10. The van der Waals surface area contributed by atoms with Crippen LogP contribution in [0.1, 0.15) is 18.0 Å². The minimum atomic E-state index is 0.157. The fraction of sp³-hybridized carbons (Fsp3) is 0.0909. The summed E-state index contributed by atoms with van der Waals surface area (Å²) >= 11 is 0. The molecule has 0 amide bonds. The van der Waals surface area contributed by atoms with E-state index in [1.807, 2.05) is 66.7 Å². The molecule has 0 aliphatic heterocycles. The molecule has 1 N–H and O–H groups in total. The summed E-state index contributed by atoms with van der Waals surface area (Å²) in [4.78, 5) is 0. The molecule has 0 aliphatic carbocycles. The van der Waals surface area contributed by atoms with Crippen molar-refractivity contribution in [2.24, 2.45) is 0 Å². The van der Waals surface area contributed by atoms with Crippen LogP contribution in [-0.2, 0) is 0 Å². The van der Waals surface area contributed by atoms with Gasteiger partial charge in [0.1, 0.15) is 5.75 Å². The second-order valence-corrected chi connectivity index (χ2v) is 5.54. The number of para-hydroxylation sites is 3. The van der Waals surface area contributed by atoms with Gasteiger partial charge in [-0.15, -0.1) is 6.58 Å². The van der Waals surface area contributed by atoms with Gasteiger partial charge in [0.2, 0.25) is 0 Å². The number of nitrogens with one attached hydrogen (secondary N) is 1. The lowest BCUT2D eigenvalue weighted by Gasteiger charge is -2.21. The molecular weight excluding hydrogens is 294 g/mol. The number of hydrogen-bond donors (Lipinski definition) is 1. The Labute approximate surface area is 143 Å². The summed E-state index contributed by atoms with van der Waals surface area (Å²) < 4.78 is 6.04. The average Bonchev–Trinajstić information content (AvgIpc) is 2.64. The van der Waals surface area contributed by atoms with E-state index in [1.165, 1.54) is 5.56 Å². The Morgan fingerprint density at radius 1 is 0.833 bits per heavy atom. The zero-order valence-corrected chi connectivity index (χ0v) is 13.6. The van der Waals surface area contributed by atoms with Gasteiger partial charge >= 0.3 is 0 Å². The van der Waals surface area contributed by atoms with Gasteiger partial charge in [0.15, 0.2) is 5.75 Å². The summed E-state index contributed by atoms with van der Waals surface area (Å²) in [6, 6.07) is 28.4. The fourth-order valence-electron chi connectivity index (χ4n) is 2.61. The molecule has 0 heterocycles. The highest BCUT2D eigenvalue weighted by molar-refractivity contribution is 5.58. The number of rotatable bonds is 7. The van der Waals surface area contributed by atoms with Crippen LogP contribution in [0.25, 0.3) is 0 Å². The smallest absolute Gasteiger partial charge is 0.150 e. The van der Waals surface area contributed by atoms with Crippen molar-refractivity contribution >= 4 is 5.69 Å². The Kier molecular flexibility index (Phi) is 5.31. The van der Waals surface area contributed by atoms with Gasteiger partial charge in [-0.25, -0.2) is 0 Å². The van der Waals surface area contributed by atoms with Crippen LogP contribution >= 0.6 is 0 Å². The molecule has 120 valence electrons. The number of hydrogen-bond acceptors (Lipinski definition) is 2. The zero-order valence-electron chi connectivity index (χ0n) is 13.6. The first-order chi connectivity index (χ1) is 11.9. The highest BCUT2D eigenvalue weighted by Crippen LogP contribution is 2.32. The predicted octanol–water partition coefficient (Wildman–Crippen LogP) is 6.21. The van der Waals surface area contributed by atoms with Crippen molar-refractivity contribution in [2.45, 2.75) is 12.5 Å². The molecule has 2 heteroatoms. The van der Waals surface area contributed by atoms with Crippen LogP contribution in [0.5, 0.6) is 11.5 Å². The quantitative estimate of drug-likeness (QED) is 0.523. The summed E-state index contributed by atoms with van der Waals surface area (Å²) in [6.45, 7) is 3.89. The third-order valence-corrected chi connectivity index (χ3v) is 3.79. The Morgan fingerprint density at radius 2 is 1.46 bits per heavy atom. The van der Waals surface area contributed by atoms with Crippen LogP contribution in [0.2, 0.25) is 0 Å². The van der Waals surface area contributed by atoms with E-state index in [0.717, 1.165) is 23.6 Å². The molecule has 0 unspecified atom stereocenters. The van der Waals surface area contributed by atoms with Gasteiger partial charge in [-0.3, -0.25) is 0 Å². The Balaban J connectivity index is 1.84. The minimum absolute atomic E-state index is 0.157. The molecule has 3 rings (SSSR count). The Bertz CT molecular complexity index is 768. The maximum absolute atomic E-state index is 6.04. The van der Waals surface area contributed by atoms with Gasteiger partial charge in [-0.05, 0) is 36.2 Å². The van der Waals surface area contributed by atoms with Crippen molar-refractivity contribution in [2.75, 3.05) is 5.32 Å². The predicted molar refractivity (Wildman–Crippen MR) is 101 cm³/mol. The topological polar surface area (TPSA) is 21.3 Å². The molecule has 2 nitrogen and oxygen atoms in total. The molecule has 0 aromatic heterocycles. The van der Waals surface area contributed by atoms with Crippen molar-refractivity contribution in [1.29, 1.82) is 0 Å². The fourth-order valence-corrected chi connectivity index (χ4v) is 2.61. The molecule has 0 radical (unpaired) electrons. The summed E-state index contributed by atoms with van der Waals surface area (Å²) in [7, 11) is 0. The van der Waals surface area contributed by atoms with Crippen LogP contribution < -0.4 is 10.1 Å². The van der Waals surface area contributed by atoms with Crippen LogP contribution in [0.4, 0.5) is 5.69 Å². The first-order valence-electron chi connectivity index (χ1n) is 8.11. The SMILES string of the molecule is C=CC[C@@H](Nc1ccccc1Oc1ccccc1)c1ccccc1. The van der Waals surface area contributed by atoms with E-state index in [9.17, 15) is 0 Å². The lowest BCUT2D eigenvalue weighted by atomic mass is 10.0. The molecule has 24 heavy (non-hydrogen) atoms. The second kappa shape index (κ2) is 8.02. The Morgan fingerprint density at radius 3 is 2.17 bits per heavy atom. The van der Waals surface area contributed by atoms with E-state index in [0.29, 0.717) is 0 Å². The third-order valence-electron chi connectivity index (χ3n) is 3.79. The molecule has 1 atom stereocenters. The van der Waals surface area contributed by atoms with Gasteiger partial charge < -0.3 is 10.1 Å². The minimum Gasteiger partial charge on any atom is -0.455 e. The first kappa shape index (κ1) is 15.9. The summed E-state index contributed by atoms with van der Waals surface area (Å²) in [5.41, 5.74) is 2.20. The van der Waals surface area contributed by atoms with Gasteiger partial charge in [0.25, 0.3) is 0 Å². The maximum Gasteiger partial charge on any atom is 0.150 e. The highest BCUT2D eigenvalue weighted by Gasteiger charge is 2.12. The summed E-state index contributed by atoms with van der Waals surface area (Å²) in [5, 5.41) is 3.59. The summed E-state index contributed by atoms with van der Waals surface area (Å²) in [6.07, 6.45) is 2.77. The largest absolute Gasteiger partial charge is 0.455 e. The van der Waals surface area contributed by atoms with Crippen molar-refractivity contribution in [3.8, 4) is 11.5 Å². The standard InChI is InChI=1S/C22H21NO/c1-2-11-20(18-12-5-3-6-13-18)23-21-16-9-10-17-22(21)24-19-14-7-4-8-15-19/h2-10,12-17,20,23H,1,11H2/t20-/m1/s1. The second-order valence-electron chi connectivity index (χ2n) is 5.54. The van der Waals surface area contributed by atoms with E-state index in [2.05, 4.69) is 36.2 Å². The van der Waals surface area contributed by atoms with Gasteiger partial charge in [-0.2, -0.15) is 0 Å². The molecule has 0 aliphatic rings. The van der Waals surface area contributed by atoms with E-state index < -0.39 is 0 Å². The van der Waals surface area contributed by atoms with Gasteiger partial charge in [-0.1, -0.05) is 66.7 Å². The molecule has 0 spiro atoms. The molecule has 3 aromatic carbocycles. The normalized spacial score (nSPS) is 11.5. The number of anilines is 1. The van der Waals surface area contributed by atoms with Crippen molar-refractivity contribution in [3.63, 3.8) is 0 Å². The van der Waals surface area contributed by atoms with Crippen molar-refractivity contribution < 1.29 is 4.74 Å². The van der Waals surface area contributed by atoms with E-state index >= 15 is 0 Å². The summed E-state index contributed by atoms with van der Waals surface area (Å²) in [5.74, 6) is 1.64. The van der Waals surface area contributed by atoms with Crippen LogP contribution in [0.15, 0.2) is 97.6 Å². The van der Waals surface area contributed by atoms with Crippen LogP contribution in [0, 0.1) is 0 Å². The molecule has 0 saturated carbocycles. The molecule has 0 fully saturated rings. The highest BCUT2D eigenvalue weighted by atomic mass is 16.5. The van der Waals surface area contributed by atoms with E-state index in [4.69, 9.17) is 4.74 Å². The molecule has 0 saturated heterocycles. The van der Waals surface area contributed by atoms with Gasteiger partial charge in [0, 0.05) is 0 Å². The molecular formula is C22H21NO. The Hall–Kier alpha value is -3.00. The lowest BCUT2D eigenvalue weighted by molar-refractivity contribution is 0.483. The van der Waals surface area contributed by atoms with E-state index in [1.54, 1.807) is 0 Å². The number of benzene rings is 3. The van der Waals surface area contributed by atoms with Crippen molar-refractivity contribution in [1.82, 2.24) is 0 Å². The average molecular weight is 315 g/mol.